The molecule has 1 unspecified atom stereocenters. The van der Waals surface area contributed by atoms with Gasteiger partial charge in [0.25, 0.3) is 11.8 Å². The second-order valence-corrected chi connectivity index (χ2v) is 7.96. The Morgan fingerprint density at radius 1 is 1.03 bits per heavy atom. The number of aryl methyl sites for hydroxylation is 2. The predicted molar refractivity (Wildman–Crippen MR) is 113 cm³/mol. The van der Waals surface area contributed by atoms with Gasteiger partial charge in [0.2, 0.25) is 0 Å². The maximum absolute atomic E-state index is 13.5. The molecule has 5 heteroatoms. The van der Waals surface area contributed by atoms with E-state index in [1.165, 1.54) is 4.90 Å². The van der Waals surface area contributed by atoms with Gasteiger partial charge in [-0.1, -0.05) is 42.0 Å². The van der Waals surface area contributed by atoms with Crippen molar-refractivity contribution in [3.8, 4) is 0 Å². The van der Waals surface area contributed by atoms with Crippen LogP contribution in [0.1, 0.15) is 29.5 Å². The number of nitrogens with zero attached hydrogens (tertiary/aromatic N) is 2. The van der Waals surface area contributed by atoms with Crippen LogP contribution >= 0.6 is 0 Å². The summed E-state index contributed by atoms with van der Waals surface area (Å²) < 4.78 is 0. The number of carbonyl (C=O) groups excluding carboxylic acids is 2. The molecule has 2 aliphatic rings. The predicted octanol–water partition coefficient (Wildman–Crippen LogP) is 3.29. The quantitative estimate of drug-likeness (QED) is 0.814. The van der Waals surface area contributed by atoms with Gasteiger partial charge in [-0.25, -0.2) is 4.90 Å². The van der Waals surface area contributed by atoms with Crippen LogP contribution in [0, 0.1) is 19.8 Å². The van der Waals surface area contributed by atoms with Crippen LogP contribution < -0.4 is 4.90 Å². The van der Waals surface area contributed by atoms with Crippen molar-refractivity contribution in [2.75, 3.05) is 24.6 Å². The van der Waals surface area contributed by atoms with E-state index in [0.717, 1.165) is 29.5 Å². The third-order valence-electron chi connectivity index (χ3n) is 5.82. The number of benzene rings is 2. The van der Waals surface area contributed by atoms with E-state index in [0.29, 0.717) is 30.0 Å². The molecule has 2 aromatic rings. The number of aliphatic hydroxyl groups excluding tert-OH is 1. The number of hydrogen-bond acceptors (Lipinski definition) is 4. The Bertz CT molecular complexity index is 981. The highest BCUT2D eigenvalue weighted by Crippen LogP contribution is 2.37. The topological polar surface area (TPSA) is 60.9 Å². The molecule has 2 aromatic carbocycles. The van der Waals surface area contributed by atoms with E-state index >= 15 is 0 Å². The van der Waals surface area contributed by atoms with E-state index in [-0.39, 0.29) is 24.3 Å². The maximum atomic E-state index is 13.5. The average Bonchev–Trinajstić information content (AvgIpc) is 2.99. The van der Waals surface area contributed by atoms with Gasteiger partial charge in [-0.2, -0.15) is 0 Å². The zero-order valence-corrected chi connectivity index (χ0v) is 16.9. The van der Waals surface area contributed by atoms with Gasteiger partial charge in [0.05, 0.1) is 11.3 Å². The maximum Gasteiger partial charge on any atom is 0.282 e. The molecule has 2 aliphatic heterocycles. The highest BCUT2D eigenvalue weighted by atomic mass is 16.3. The fourth-order valence-corrected chi connectivity index (χ4v) is 4.38. The van der Waals surface area contributed by atoms with Crippen molar-refractivity contribution in [3.63, 3.8) is 0 Å². The number of carbonyl (C=O) groups is 2. The summed E-state index contributed by atoms with van der Waals surface area (Å²) >= 11 is 0. The van der Waals surface area contributed by atoms with Gasteiger partial charge >= 0.3 is 0 Å². The minimum Gasteiger partial charge on any atom is -0.396 e. The number of likely N-dealkylation sites (tertiary alicyclic amines) is 1. The van der Waals surface area contributed by atoms with E-state index in [9.17, 15) is 14.7 Å². The van der Waals surface area contributed by atoms with Gasteiger partial charge in [0, 0.05) is 19.7 Å². The zero-order valence-electron chi connectivity index (χ0n) is 16.9. The minimum atomic E-state index is -0.283. The number of amides is 2. The molecule has 2 amide bonds. The van der Waals surface area contributed by atoms with Crippen molar-refractivity contribution in [1.29, 1.82) is 0 Å². The van der Waals surface area contributed by atoms with Crippen LogP contribution in [-0.2, 0) is 9.59 Å². The molecule has 0 saturated carbocycles. The summed E-state index contributed by atoms with van der Waals surface area (Å²) in [6.45, 7) is 5.38. The van der Waals surface area contributed by atoms with Crippen LogP contribution in [0.4, 0.5) is 5.69 Å². The highest BCUT2D eigenvalue weighted by Gasteiger charge is 2.43. The van der Waals surface area contributed by atoms with Crippen molar-refractivity contribution in [1.82, 2.24) is 4.90 Å². The van der Waals surface area contributed by atoms with Gasteiger partial charge in [0.1, 0.15) is 5.70 Å². The summed E-state index contributed by atoms with van der Waals surface area (Å²) in [7, 11) is 0. The standard InChI is InChI=1S/C24H26N2O3/c1-16-10-11-20(17(2)13-16)21-22(25-12-6-7-18(14-25)15-27)24(29)26(23(21)28)19-8-4-3-5-9-19/h3-5,8-11,13,18,27H,6-7,12,14-15H2,1-2H3. The molecule has 1 N–H and O–H groups in total. The molecular formula is C24H26N2O3. The molecule has 150 valence electrons. The smallest absolute Gasteiger partial charge is 0.282 e. The molecule has 29 heavy (non-hydrogen) atoms. The number of hydrogen-bond donors (Lipinski definition) is 1. The molecule has 0 bridgehead atoms. The first-order valence-electron chi connectivity index (χ1n) is 10.1. The van der Waals surface area contributed by atoms with Crippen molar-refractivity contribution >= 4 is 23.1 Å². The molecule has 0 spiro atoms. The van der Waals surface area contributed by atoms with Crippen molar-refractivity contribution in [2.24, 2.45) is 5.92 Å². The van der Waals surface area contributed by atoms with Crippen LogP contribution in [0.2, 0.25) is 0 Å². The number of rotatable bonds is 4. The van der Waals surface area contributed by atoms with E-state index < -0.39 is 0 Å². The van der Waals surface area contributed by atoms with E-state index in [1.54, 1.807) is 12.1 Å². The van der Waals surface area contributed by atoms with Gasteiger partial charge < -0.3 is 10.0 Å². The number of aliphatic hydroxyl groups is 1. The molecule has 5 nitrogen and oxygen atoms in total. The Morgan fingerprint density at radius 2 is 1.79 bits per heavy atom. The van der Waals surface area contributed by atoms with Crippen molar-refractivity contribution < 1.29 is 14.7 Å². The van der Waals surface area contributed by atoms with E-state index in [2.05, 4.69) is 0 Å². The number of piperidine rings is 1. The Balaban J connectivity index is 1.85. The van der Waals surface area contributed by atoms with Gasteiger partial charge in [-0.15, -0.1) is 0 Å². The summed E-state index contributed by atoms with van der Waals surface area (Å²) in [6.07, 6.45) is 1.82. The lowest BCUT2D eigenvalue weighted by molar-refractivity contribution is -0.120. The molecule has 1 atom stereocenters. The zero-order chi connectivity index (χ0) is 20.5. The van der Waals surface area contributed by atoms with Gasteiger partial charge in [-0.3, -0.25) is 9.59 Å². The monoisotopic (exact) mass is 390 g/mol. The SMILES string of the molecule is Cc1ccc(C2=C(N3CCCC(CO)C3)C(=O)N(c3ccccc3)C2=O)c(C)c1. The Kier molecular flexibility index (Phi) is 5.24. The summed E-state index contributed by atoms with van der Waals surface area (Å²) in [5.41, 5.74) is 4.40. The molecule has 0 radical (unpaired) electrons. The number of para-hydroxylation sites is 1. The van der Waals surface area contributed by atoms with E-state index in [4.69, 9.17) is 0 Å². The molecule has 1 saturated heterocycles. The Hall–Kier alpha value is -2.92. The first-order chi connectivity index (χ1) is 14.0. The second-order valence-electron chi connectivity index (χ2n) is 7.96. The molecule has 1 fully saturated rings. The van der Waals surface area contributed by atoms with Crippen molar-refractivity contribution in [3.05, 3.63) is 70.9 Å². The minimum absolute atomic E-state index is 0.0905. The molecule has 0 aliphatic carbocycles. The lowest BCUT2D eigenvalue weighted by Crippen LogP contribution is -2.40. The molecule has 0 aromatic heterocycles. The summed E-state index contributed by atoms with van der Waals surface area (Å²) in [4.78, 5) is 30.3. The van der Waals surface area contributed by atoms with Crippen molar-refractivity contribution in [2.45, 2.75) is 26.7 Å². The highest BCUT2D eigenvalue weighted by molar-refractivity contribution is 6.45. The largest absolute Gasteiger partial charge is 0.396 e. The number of anilines is 1. The van der Waals surface area contributed by atoms with Crippen LogP contribution in [0.3, 0.4) is 0 Å². The fraction of sp³-hybridized carbons (Fsp3) is 0.333. The number of imide groups is 1. The molecule has 2 heterocycles. The van der Waals surface area contributed by atoms with Crippen LogP contribution in [0.25, 0.3) is 5.57 Å². The van der Waals surface area contributed by atoms with Gasteiger partial charge in [0.15, 0.2) is 0 Å². The molecule has 4 rings (SSSR count). The lowest BCUT2D eigenvalue weighted by Gasteiger charge is -2.34. The van der Waals surface area contributed by atoms with Crippen LogP contribution in [-0.4, -0.2) is 41.5 Å². The normalized spacial score (nSPS) is 20.0. The Morgan fingerprint density at radius 3 is 2.48 bits per heavy atom. The summed E-state index contributed by atoms with van der Waals surface area (Å²) in [5, 5.41) is 9.65. The third-order valence-corrected chi connectivity index (χ3v) is 5.82. The van der Waals surface area contributed by atoms with Crippen LogP contribution in [0.15, 0.2) is 54.2 Å². The first kappa shape index (κ1) is 19.4. The second kappa shape index (κ2) is 7.84. The summed E-state index contributed by atoms with van der Waals surface area (Å²) in [5.74, 6) is -0.450. The average molecular weight is 390 g/mol. The van der Waals surface area contributed by atoms with E-state index in [1.807, 2.05) is 55.1 Å². The molecular weight excluding hydrogens is 364 g/mol. The van der Waals surface area contributed by atoms with Crippen LogP contribution in [0.5, 0.6) is 0 Å². The lowest BCUT2D eigenvalue weighted by atomic mass is 9.95. The fourth-order valence-electron chi connectivity index (χ4n) is 4.38. The first-order valence-corrected chi connectivity index (χ1v) is 10.1. The summed E-state index contributed by atoms with van der Waals surface area (Å²) in [6, 6.07) is 15.0. The van der Waals surface area contributed by atoms with Gasteiger partial charge in [-0.05, 0) is 55.9 Å². The Labute approximate surface area is 171 Å². The third kappa shape index (κ3) is 3.47.